The first-order valence-electron chi connectivity index (χ1n) is 8.78. The van der Waals surface area contributed by atoms with Gasteiger partial charge in [-0.25, -0.2) is 13.6 Å². The highest BCUT2D eigenvalue weighted by Gasteiger charge is 2.51. The van der Waals surface area contributed by atoms with Gasteiger partial charge in [0.25, 0.3) is 5.91 Å². The number of likely N-dealkylation sites (N-methyl/N-ethyl adjacent to an activating group) is 1. The van der Waals surface area contributed by atoms with Crippen LogP contribution in [0.25, 0.3) is 0 Å². The molecule has 0 atom stereocenters. The van der Waals surface area contributed by atoms with E-state index in [4.69, 9.17) is 4.74 Å². The number of likely N-dealkylation sites (tertiary alicyclic amines) is 1. The molecular formula is C18H21F2N3O4. The monoisotopic (exact) mass is 381 g/mol. The van der Waals surface area contributed by atoms with E-state index in [-0.39, 0.29) is 30.6 Å². The summed E-state index contributed by atoms with van der Waals surface area (Å²) >= 11 is 0. The third kappa shape index (κ3) is 3.86. The quantitative estimate of drug-likeness (QED) is 0.622. The van der Waals surface area contributed by atoms with E-state index in [9.17, 15) is 23.2 Å². The van der Waals surface area contributed by atoms with Crippen molar-refractivity contribution in [2.24, 2.45) is 0 Å². The van der Waals surface area contributed by atoms with E-state index >= 15 is 0 Å². The standard InChI is InChI=1S/C18H21F2N3O4/c1-22-16(25)18(21-17(22)26)6-8-23(9-7-18)15(24)3-2-10-27-14-5-4-12(19)11-13(14)20/h4-5,11H,2-3,6-10H2,1H3,(H,21,26). The van der Waals surface area contributed by atoms with Crippen LogP contribution in [0, 0.1) is 11.6 Å². The van der Waals surface area contributed by atoms with E-state index in [0.717, 1.165) is 17.0 Å². The molecule has 1 N–H and O–H groups in total. The molecule has 0 radical (unpaired) electrons. The number of nitrogens with one attached hydrogen (secondary N) is 1. The van der Waals surface area contributed by atoms with Crippen LogP contribution in [0.3, 0.4) is 0 Å². The van der Waals surface area contributed by atoms with Crippen LogP contribution >= 0.6 is 0 Å². The van der Waals surface area contributed by atoms with Crippen LogP contribution in [0.2, 0.25) is 0 Å². The van der Waals surface area contributed by atoms with E-state index in [2.05, 4.69) is 5.32 Å². The number of hydrogen-bond donors (Lipinski definition) is 1. The molecule has 2 aliphatic rings. The van der Waals surface area contributed by atoms with Crippen LogP contribution in [-0.4, -0.2) is 59.9 Å². The summed E-state index contributed by atoms with van der Waals surface area (Å²) in [6, 6.07) is 2.64. The Bertz CT molecular complexity index is 763. The second-order valence-electron chi connectivity index (χ2n) is 6.78. The predicted octanol–water partition coefficient (Wildman–Crippen LogP) is 1.67. The number of carbonyl (C=O) groups is 3. The zero-order valence-electron chi connectivity index (χ0n) is 15.0. The Morgan fingerprint density at radius 3 is 2.56 bits per heavy atom. The molecule has 7 nitrogen and oxygen atoms in total. The van der Waals surface area contributed by atoms with Crippen LogP contribution in [0.5, 0.6) is 5.75 Å². The second-order valence-corrected chi connectivity index (χ2v) is 6.78. The summed E-state index contributed by atoms with van der Waals surface area (Å²) in [6.07, 6.45) is 1.36. The first kappa shape index (κ1) is 19.1. The van der Waals surface area contributed by atoms with E-state index in [1.807, 2.05) is 0 Å². The van der Waals surface area contributed by atoms with E-state index in [1.165, 1.54) is 13.1 Å². The van der Waals surface area contributed by atoms with Gasteiger partial charge in [-0.05, 0) is 31.4 Å². The van der Waals surface area contributed by atoms with Gasteiger partial charge in [0.15, 0.2) is 11.6 Å². The number of piperidine rings is 1. The van der Waals surface area contributed by atoms with Crippen LogP contribution in [0.1, 0.15) is 25.7 Å². The van der Waals surface area contributed by atoms with Gasteiger partial charge in [-0.2, -0.15) is 0 Å². The highest BCUT2D eigenvalue weighted by Crippen LogP contribution is 2.29. The molecule has 1 spiro atoms. The minimum atomic E-state index is -0.897. The average molecular weight is 381 g/mol. The molecule has 0 saturated carbocycles. The van der Waals surface area contributed by atoms with Gasteiger partial charge < -0.3 is 15.0 Å². The Hall–Kier alpha value is -2.71. The fraction of sp³-hybridized carbons (Fsp3) is 0.500. The van der Waals surface area contributed by atoms with Gasteiger partial charge in [0, 0.05) is 32.6 Å². The number of halogens is 2. The SMILES string of the molecule is CN1C(=O)NC2(CCN(C(=O)CCCOc3ccc(F)cc3F)CC2)C1=O. The normalized spacial score (nSPS) is 18.8. The topological polar surface area (TPSA) is 79.0 Å². The van der Waals surface area contributed by atoms with Gasteiger partial charge in [-0.3, -0.25) is 14.5 Å². The lowest BCUT2D eigenvalue weighted by Gasteiger charge is -2.37. The third-order valence-corrected chi connectivity index (χ3v) is 5.02. The van der Waals surface area contributed by atoms with E-state index in [0.29, 0.717) is 32.4 Å². The summed E-state index contributed by atoms with van der Waals surface area (Å²) in [5.74, 6) is -1.85. The molecular weight excluding hydrogens is 360 g/mol. The van der Waals surface area contributed by atoms with Crippen molar-refractivity contribution < 1.29 is 27.9 Å². The number of carbonyl (C=O) groups excluding carboxylic acids is 3. The molecule has 1 aromatic carbocycles. The van der Waals surface area contributed by atoms with Gasteiger partial charge in [0.05, 0.1) is 6.61 Å². The molecule has 2 aliphatic heterocycles. The first-order chi connectivity index (χ1) is 12.8. The van der Waals surface area contributed by atoms with Gasteiger partial charge in [0.2, 0.25) is 5.91 Å². The largest absolute Gasteiger partial charge is 0.491 e. The van der Waals surface area contributed by atoms with Crippen LogP contribution in [0.15, 0.2) is 18.2 Å². The lowest BCUT2D eigenvalue weighted by molar-refractivity contribution is -0.138. The Labute approximate surface area is 155 Å². The maximum atomic E-state index is 13.5. The Kier molecular flexibility index (Phi) is 5.29. The summed E-state index contributed by atoms with van der Waals surface area (Å²) in [7, 11) is 1.44. The smallest absolute Gasteiger partial charge is 0.324 e. The Balaban J connectivity index is 1.42. The van der Waals surface area contributed by atoms with Crippen molar-refractivity contribution in [3.8, 4) is 5.75 Å². The third-order valence-electron chi connectivity index (χ3n) is 5.02. The Morgan fingerprint density at radius 2 is 1.96 bits per heavy atom. The average Bonchev–Trinajstić information content (AvgIpc) is 2.84. The number of nitrogens with zero attached hydrogens (tertiary/aromatic N) is 2. The molecule has 27 heavy (non-hydrogen) atoms. The molecule has 3 rings (SSSR count). The van der Waals surface area contributed by atoms with Crippen molar-refractivity contribution in [3.63, 3.8) is 0 Å². The number of urea groups is 1. The molecule has 146 valence electrons. The second kappa shape index (κ2) is 7.50. The van der Waals surface area contributed by atoms with Crippen molar-refractivity contribution in [1.29, 1.82) is 0 Å². The fourth-order valence-electron chi connectivity index (χ4n) is 3.39. The lowest BCUT2D eigenvalue weighted by Crippen LogP contribution is -2.55. The van der Waals surface area contributed by atoms with Crippen molar-refractivity contribution >= 4 is 17.8 Å². The predicted molar refractivity (Wildman–Crippen MR) is 90.9 cm³/mol. The van der Waals surface area contributed by atoms with Gasteiger partial charge in [0.1, 0.15) is 11.4 Å². The number of hydrogen-bond acceptors (Lipinski definition) is 4. The Morgan fingerprint density at radius 1 is 1.26 bits per heavy atom. The summed E-state index contributed by atoms with van der Waals surface area (Å²) in [5, 5.41) is 2.73. The van der Waals surface area contributed by atoms with Gasteiger partial charge >= 0.3 is 6.03 Å². The number of benzene rings is 1. The lowest BCUT2D eigenvalue weighted by atomic mass is 9.87. The van der Waals surface area contributed by atoms with Crippen LogP contribution in [-0.2, 0) is 9.59 Å². The zero-order chi connectivity index (χ0) is 19.6. The summed E-state index contributed by atoms with van der Waals surface area (Å²) in [6.45, 7) is 0.893. The number of imide groups is 1. The maximum Gasteiger partial charge on any atom is 0.324 e. The van der Waals surface area contributed by atoms with Crippen molar-refractivity contribution in [2.75, 3.05) is 26.7 Å². The summed E-state index contributed by atoms with van der Waals surface area (Å²) < 4.78 is 31.5. The first-order valence-corrected chi connectivity index (χ1v) is 8.78. The van der Waals surface area contributed by atoms with E-state index < -0.39 is 23.2 Å². The fourth-order valence-corrected chi connectivity index (χ4v) is 3.39. The number of amides is 4. The molecule has 4 amide bonds. The minimum absolute atomic E-state index is 0.0524. The van der Waals surface area contributed by atoms with E-state index in [1.54, 1.807) is 4.90 Å². The van der Waals surface area contributed by atoms with Gasteiger partial charge in [-0.15, -0.1) is 0 Å². The molecule has 0 aromatic heterocycles. The highest BCUT2D eigenvalue weighted by molar-refractivity contribution is 6.06. The minimum Gasteiger partial charge on any atom is -0.491 e. The molecule has 0 unspecified atom stereocenters. The molecule has 9 heteroatoms. The molecule has 2 fully saturated rings. The van der Waals surface area contributed by atoms with Crippen LogP contribution in [0.4, 0.5) is 13.6 Å². The summed E-state index contributed by atoms with van der Waals surface area (Å²) in [4.78, 5) is 38.9. The van der Waals surface area contributed by atoms with Crippen molar-refractivity contribution in [2.45, 2.75) is 31.2 Å². The summed E-state index contributed by atoms with van der Waals surface area (Å²) in [5.41, 5.74) is -0.897. The van der Waals surface area contributed by atoms with Crippen LogP contribution < -0.4 is 10.1 Å². The maximum absolute atomic E-state index is 13.5. The molecule has 2 heterocycles. The molecule has 2 saturated heterocycles. The molecule has 0 aliphatic carbocycles. The number of rotatable bonds is 5. The van der Waals surface area contributed by atoms with Crippen molar-refractivity contribution in [3.05, 3.63) is 29.8 Å². The molecule has 1 aromatic rings. The van der Waals surface area contributed by atoms with Gasteiger partial charge in [-0.1, -0.05) is 0 Å². The zero-order valence-corrected chi connectivity index (χ0v) is 15.0. The highest BCUT2D eigenvalue weighted by atomic mass is 19.1. The molecule has 0 bridgehead atoms. The number of ether oxygens (including phenoxy) is 1. The van der Waals surface area contributed by atoms with Crippen molar-refractivity contribution in [1.82, 2.24) is 15.1 Å².